The van der Waals surface area contributed by atoms with Gasteiger partial charge in [-0.15, -0.1) is 11.6 Å². The van der Waals surface area contributed by atoms with E-state index in [2.05, 4.69) is 0 Å². The van der Waals surface area contributed by atoms with Crippen molar-refractivity contribution in [3.8, 4) is 0 Å². The predicted octanol–water partition coefficient (Wildman–Crippen LogP) is 5.68. The first kappa shape index (κ1) is 15.8. The van der Waals surface area contributed by atoms with Crippen LogP contribution in [0.4, 0.5) is 17.6 Å². The van der Waals surface area contributed by atoms with E-state index >= 15 is 0 Å². The quantitative estimate of drug-likeness (QED) is 0.505. The van der Waals surface area contributed by atoms with Crippen molar-refractivity contribution in [3.63, 3.8) is 0 Å². The maximum atomic E-state index is 13.8. The summed E-state index contributed by atoms with van der Waals surface area (Å²) < 4.78 is 51.2. The monoisotopic (exact) mass is 316 g/mol. The number of rotatable bonds is 3. The van der Waals surface area contributed by atoms with Crippen LogP contribution in [0.15, 0.2) is 42.5 Å². The maximum Gasteiger partial charge on any atom is 0.416 e. The number of hydrogen-bond acceptors (Lipinski definition) is 0. The molecule has 0 aliphatic rings. The highest BCUT2D eigenvalue weighted by atomic mass is 35.5. The van der Waals surface area contributed by atoms with Crippen LogP contribution >= 0.6 is 11.6 Å². The van der Waals surface area contributed by atoms with Gasteiger partial charge in [0, 0.05) is 5.56 Å². The zero-order valence-corrected chi connectivity index (χ0v) is 12.0. The molecule has 2 aromatic rings. The zero-order chi connectivity index (χ0) is 15.6. The van der Waals surface area contributed by atoms with Crippen molar-refractivity contribution < 1.29 is 17.6 Å². The van der Waals surface area contributed by atoms with E-state index in [1.54, 1.807) is 19.1 Å². The SMILES string of the molecule is Cc1ccc(C(Cl)Cc2ccc(C(F)(F)F)cc2)c(F)c1. The number of alkyl halides is 4. The van der Waals surface area contributed by atoms with E-state index in [1.807, 2.05) is 0 Å². The lowest BCUT2D eigenvalue weighted by Gasteiger charge is -2.12. The molecular formula is C16H13ClF4. The molecule has 0 aliphatic carbocycles. The molecule has 0 spiro atoms. The van der Waals surface area contributed by atoms with Crippen molar-refractivity contribution in [3.05, 3.63) is 70.5 Å². The predicted molar refractivity (Wildman–Crippen MR) is 74.9 cm³/mol. The fourth-order valence-electron chi connectivity index (χ4n) is 2.03. The minimum atomic E-state index is -4.36. The molecule has 0 heterocycles. The lowest BCUT2D eigenvalue weighted by Crippen LogP contribution is -2.05. The van der Waals surface area contributed by atoms with Gasteiger partial charge in [-0.1, -0.05) is 24.3 Å². The number of aryl methyl sites for hydroxylation is 1. The van der Waals surface area contributed by atoms with Crippen molar-refractivity contribution in [1.29, 1.82) is 0 Å². The lowest BCUT2D eigenvalue weighted by molar-refractivity contribution is -0.137. The second-order valence-electron chi connectivity index (χ2n) is 4.89. The summed E-state index contributed by atoms with van der Waals surface area (Å²) in [4.78, 5) is 0. The summed E-state index contributed by atoms with van der Waals surface area (Å²) in [5.74, 6) is -0.401. The van der Waals surface area contributed by atoms with Gasteiger partial charge in [-0.2, -0.15) is 13.2 Å². The normalized spacial score (nSPS) is 13.2. The maximum absolute atomic E-state index is 13.8. The summed E-state index contributed by atoms with van der Waals surface area (Å²) in [7, 11) is 0. The van der Waals surface area contributed by atoms with E-state index in [0.29, 0.717) is 11.1 Å². The van der Waals surface area contributed by atoms with E-state index in [1.165, 1.54) is 18.2 Å². The summed E-state index contributed by atoms with van der Waals surface area (Å²) in [5, 5.41) is -0.623. The Morgan fingerprint density at radius 3 is 2.19 bits per heavy atom. The van der Waals surface area contributed by atoms with Crippen molar-refractivity contribution in [2.45, 2.75) is 24.9 Å². The highest BCUT2D eigenvalue weighted by Gasteiger charge is 2.30. The van der Waals surface area contributed by atoms with E-state index in [4.69, 9.17) is 11.6 Å². The molecule has 0 N–H and O–H groups in total. The van der Waals surface area contributed by atoms with E-state index < -0.39 is 22.9 Å². The van der Waals surface area contributed by atoms with E-state index in [9.17, 15) is 17.6 Å². The largest absolute Gasteiger partial charge is 0.416 e. The van der Waals surface area contributed by atoms with Gasteiger partial charge in [-0.3, -0.25) is 0 Å². The number of benzene rings is 2. The number of hydrogen-bond donors (Lipinski definition) is 0. The van der Waals surface area contributed by atoms with Gasteiger partial charge in [0.2, 0.25) is 0 Å². The van der Waals surface area contributed by atoms with Crippen LogP contribution in [0.25, 0.3) is 0 Å². The van der Waals surface area contributed by atoms with Gasteiger partial charge in [-0.05, 0) is 42.7 Å². The average molecular weight is 317 g/mol. The molecule has 0 fully saturated rings. The molecule has 2 aromatic carbocycles. The van der Waals surface area contributed by atoms with Crippen molar-refractivity contribution in [1.82, 2.24) is 0 Å². The van der Waals surface area contributed by atoms with Gasteiger partial charge in [0.25, 0.3) is 0 Å². The summed E-state index contributed by atoms with van der Waals surface area (Å²) in [6.07, 6.45) is -4.10. The minimum absolute atomic E-state index is 0.264. The summed E-state index contributed by atoms with van der Waals surface area (Å²) in [6, 6.07) is 9.48. The topological polar surface area (TPSA) is 0 Å². The molecule has 0 amide bonds. The molecule has 0 saturated heterocycles. The molecule has 21 heavy (non-hydrogen) atoms. The number of halogens is 5. The third kappa shape index (κ3) is 3.97. The molecule has 0 bridgehead atoms. The Hall–Kier alpha value is -1.55. The summed E-state index contributed by atoms with van der Waals surface area (Å²) in [6.45, 7) is 1.77. The highest BCUT2D eigenvalue weighted by molar-refractivity contribution is 6.20. The second kappa shape index (κ2) is 6.06. The van der Waals surface area contributed by atoms with Gasteiger partial charge in [0.1, 0.15) is 5.82 Å². The van der Waals surface area contributed by atoms with Gasteiger partial charge >= 0.3 is 6.18 Å². The highest BCUT2D eigenvalue weighted by Crippen LogP contribution is 2.31. The standard InChI is InChI=1S/C16H13ClF4/c1-10-2-7-13(15(18)8-10)14(17)9-11-3-5-12(6-4-11)16(19,20)21/h2-8,14H,9H2,1H3. The minimum Gasteiger partial charge on any atom is -0.207 e. The lowest BCUT2D eigenvalue weighted by atomic mass is 10.0. The molecule has 112 valence electrons. The Morgan fingerprint density at radius 1 is 1.05 bits per heavy atom. The van der Waals surface area contributed by atoms with E-state index in [0.717, 1.165) is 17.7 Å². The van der Waals surface area contributed by atoms with Crippen LogP contribution in [-0.2, 0) is 12.6 Å². The molecule has 2 rings (SSSR count). The molecule has 5 heteroatoms. The average Bonchev–Trinajstić information content (AvgIpc) is 2.38. The Labute approximate surface area is 125 Å². The van der Waals surface area contributed by atoms with Crippen LogP contribution in [0.2, 0.25) is 0 Å². The summed E-state index contributed by atoms with van der Waals surface area (Å²) >= 11 is 6.17. The van der Waals surface area contributed by atoms with Crippen LogP contribution in [0.3, 0.4) is 0 Å². The Bertz CT molecular complexity index is 617. The second-order valence-corrected chi connectivity index (χ2v) is 5.42. The molecule has 1 unspecified atom stereocenters. The molecule has 1 atom stereocenters. The third-order valence-electron chi connectivity index (χ3n) is 3.19. The van der Waals surface area contributed by atoms with Crippen molar-refractivity contribution >= 4 is 11.6 Å². The molecule has 0 saturated carbocycles. The zero-order valence-electron chi connectivity index (χ0n) is 11.2. The summed E-state index contributed by atoms with van der Waals surface area (Å²) in [5.41, 5.74) is 1.05. The van der Waals surface area contributed by atoms with E-state index in [-0.39, 0.29) is 6.42 Å². The van der Waals surface area contributed by atoms with Crippen molar-refractivity contribution in [2.75, 3.05) is 0 Å². The van der Waals surface area contributed by atoms with Gasteiger partial charge < -0.3 is 0 Å². The van der Waals surface area contributed by atoms with Crippen LogP contribution in [-0.4, -0.2) is 0 Å². The first-order valence-corrected chi connectivity index (χ1v) is 6.77. The van der Waals surface area contributed by atoms with Crippen molar-refractivity contribution in [2.24, 2.45) is 0 Å². The van der Waals surface area contributed by atoms with Gasteiger partial charge in [-0.25, -0.2) is 4.39 Å². The third-order valence-corrected chi connectivity index (χ3v) is 3.58. The van der Waals surface area contributed by atoms with Gasteiger partial charge in [0.15, 0.2) is 0 Å². The van der Waals surface area contributed by atoms with Crippen LogP contribution in [0.1, 0.15) is 27.6 Å². The molecular weight excluding hydrogens is 304 g/mol. The fraction of sp³-hybridized carbons (Fsp3) is 0.250. The molecule has 0 aliphatic heterocycles. The van der Waals surface area contributed by atoms with Gasteiger partial charge in [0.05, 0.1) is 10.9 Å². The first-order chi connectivity index (χ1) is 9.77. The molecule has 0 radical (unpaired) electrons. The Balaban J connectivity index is 2.14. The van der Waals surface area contributed by atoms with Crippen LogP contribution < -0.4 is 0 Å². The van der Waals surface area contributed by atoms with Crippen LogP contribution in [0.5, 0.6) is 0 Å². The fourth-order valence-corrected chi connectivity index (χ4v) is 2.39. The Kier molecular flexibility index (Phi) is 4.57. The first-order valence-electron chi connectivity index (χ1n) is 6.33. The molecule has 0 nitrogen and oxygen atoms in total. The Morgan fingerprint density at radius 2 is 1.67 bits per heavy atom. The van der Waals surface area contributed by atoms with Crippen LogP contribution in [0, 0.1) is 12.7 Å². The molecule has 0 aromatic heterocycles. The smallest absolute Gasteiger partial charge is 0.207 e.